The van der Waals surface area contributed by atoms with E-state index in [-0.39, 0.29) is 5.43 Å². The SMILES string of the molecule is CCCCCCCCCCOC(=O)c1cccc2sc3ccccc3c(=O)c12. The fraction of sp³-hybridized carbons (Fsp3) is 0.417. The zero-order valence-corrected chi connectivity index (χ0v) is 17.4. The van der Waals surface area contributed by atoms with E-state index in [4.69, 9.17) is 4.74 Å². The van der Waals surface area contributed by atoms with Crippen molar-refractivity contribution in [3.63, 3.8) is 0 Å². The van der Waals surface area contributed by atoms with Crippen molar-refractivity contribution >= 4 is 37.5 Å². The maximum absolute atomic E-state index is 12.9. The number of hydrogen-bond acceptors (Lipinski definition) is 4. The minimum atomic E-state index is -0.395. The monoisotopic (exact) mass is 396 g/mol. The van der Waals surface area contributed by atoms with Crippen molar-refractivity contribution in [1.29, 1.82) is 0 Å². The molecule has 3 aromatic rings. The van der Waals surface area contributed by atoms with E-state index in [2.05, 4.69) is 6.92 Å². The van der Waals surface area contributed by atoms with Gasteiger partial charge in [0.1, 0.15) is 0 Å². The number of benzene rings is 2. The van der Waals surface area contributed by atoms with E-state index in [1.54, 1.807) is 6.07 Å². The molecule has 4 heteroatoms. The van der Waals surface area contributed by atoms with Crippen LogP contribution in [0.4, 0.5) is 0 Å². The molecule has 28 heavy (non-hydrogen) atoms. The zero-order valence-electron chi connectivity index (χ0n) is 16.5. The molecule has 0 aliphatic carbocycles. The number of ether oxygens (including phenoxy) is 1. The van der Waals surface area contributed by atoms with Gasteiger partial charge in [-0.25, -0.2) is 4.79 Å². The number of carbonyl (C=O) groups excluding carboxylic acids is 1. The van der Waals surface area contributed by atoms with Crippen LogP contribution in [-0.4, -0.2) is 12.6 Å². The summed E-state index contributed by atoms with van der Waals surface area (Å²) >= 11 is 1.53. The molecule has 148 valence electrons. The van der Waals surface area contributed by atoms with Gasteiger partial charge in [0, 0.05) is 14.8 Å². The lowest BCUT2D eigenvalue weighted by Gasteiger charge is -2.08. The second-order valence-electron chi connectivity index (χ2n) is 7.22. The highest BCUT2D eigenvalue weighted by molar-refractivity contribution is 7.24. The predicted octanol–water partition coefficient (Wildman–Crippen LogP) is 6.71. The van der Waals surface area contributed by atoms with Gasteiger partial charge in [0.15, 0.2) is 5.43 Å². The minimum absolute atomic E-state index is 0.0935. The summed E-state index contributed by atoms with van der Waals surface area (Å²) in [6, 6.07) is 12.9. The highest BCUT2D eigenvalue weighted by Crippen LogP contribution is 2.26. The molecular formula is C24H28O3S. The lowest BCUT2D eigenvalue weighted by Crippen LogP contribution is -2.11. The number of unbranched alkanes of at least 4 members (excludes halogenated alkanes) is 7. The van der Waals surface area contributed by atoms with E-state index in [9.17, 15) is 9.59 Å². The summed E-state index contributed by atoms with van der Waals surface area (Å²) in [6.45, 7) is 2.64. The predicted molar refractivity (Wildman–Crippen MR) is 118 cm³/mol. The fourth-order valence-corrected chi connectivity index (χ4v) is 4.60. The first kappa shape index (κ1) is 20.5. The van der Waals surface area contributed by atoms with E-state index >= 15 is 0 Å². The van der Waals surface area contributed by atoms with Crippen molar-refractivity contribution in [2.45, 2.75) is 58.3 Å². The fourth-order valence-electron chi connectivity index (χ4n) is 3.50. The molecule has 3 nitrogen and oxygen atoms in total. The maximum atomic E-state index is 12.9. The van der Waals surface area contributed by atoms with Gasteiger partial charge in [-0.3, -0.25) is 4.79 Å². The molecule has 0 aliphatic rings. The van der Waals surface area contributed by atoms with Crippen LogP contribution >= 0.6 is 11.3 Å². The third-order valence-corrected chi connectivity index (χ3v) is 6.19. The van der Waals surface area contributed by atoms with Crippen molar-refractivity contribution in [2.75, 3.05) is 6.61 Å². The van der Waals surface area contributed by atoms with Gasteiger partial charge in [-0.2, -0.15) is 0 Å². The Kier molecular flexibility index (Phi) is 7.61. The van der Waals surface area contributed by atoms with E-state index in [1.807, 2.05) is 36.4 Å². The van der Waals surface area contributed by atoms with Gasteiger partial charge in [-0.15, -0.1) is 11.3 Å². The topological polar surface area (TPSA) is 43.4 Å². The Bertz CT molecular complexity index is 990. The van der Waals surface area contributed by atoms with Crippen LogP contribution in [0.2, 0.25) is 0 Å². The lowest BCUT2D eigenvalue weighted by atomic mass is 10.1. The van der Waals surface area contributed by atoms with Crippen LogP contribution in [0.15, 0.2) is 47.3 Å². The molecule has 1 aromatic heterocycles. The van der Waals surface area contributed by atoms with Gasteiger partial charge in [-0.1, -0.05) is 70.1 Å². The molecule has 1 heterocycles. The van der Waals surface area contributed by atoms with Gasteiger partial charge in [-0.05, 0) is 30.7 Å². The largest absolute Gasteiger partial charge is 0.462 e. The molecule has 3 rings (SSSR count). The molecule has 0 aliphatic heterocycles. The summed E-state index contributed by atoms with van der Waals surface area (Å²) in [6.07, 6.45) is 9.60. The second-order valence-corrected chi connectivity index (χ2v) is 8.30. The first-order valence-electron chi connectivity index (χ1n) is 10.3. The Morgan fingerprint density at radius 2 is 1.54 bits per heavy atom. The van der Waals surface area contributed by atoms with Crippen molar-refractivity contribution in [3.05, 3.63) is 58.3 Å². The molecule has 0 N–H and O–H groups in total. The van der Waals surface area contributed by atoms with E-state index in [0.717, 1.165) is 22.2 Å². The first-order valence-corrected chi connectivity index (χ1v) is 11.2. The van der Waals surface area contributed by atoms with Crippen LogP contribution < -0.4 is 5.43 Å². The molecule has 0 atom stereocenters. The highest BCUT2D eigenvalue weighted by atomic mass is 32.1. The molecule has 2 aromatic carbocycles. The van der Waals surface area contributed by atoms with Crippen LogP contribution in [0.5, 0.6) is 0 Å². The van der Waals surface area contributed by atoms with Crippen molar-refractivity contribution in [3.8, 4) is 0 Å². The van der Waals surface area contributed by atoms with Crippen molar-refractivity contribution in [2.24, 2.45) is 0 Å². The first-order chi connectivity index (χ1) is 13.7. The average molecular weight is 397 g/mol. The average Bonchev–Trinajstić information content (AvgIpc) is 2.72. The Balaban J connectivity index is 1.61. The summed E-state index contributed by atoms with van der Waals surface area (Å²) in [5, 5.41) is 1.13. The van der Waals surface area contributed by atoms with Crippen molar-refractivity contribution < 1.29 is 9.53 Å². The molecular weight excluding hydrogens is 368 g/mol. The summed E-state index contributed by atoms with van der Waals surface area (Å²) in [4.78, 5) is 25.5. The molecule has 0 amide bonds. The smallest absolute Gasteiger partial charge is 0.338 e. The van der Waals surface area contributed by atoms with Crippen molar-refractivity contribution in [1.82, 2.24) is 0 Å². The molecule has 0 unspecified atom stereocenters. The Labute approximate surface area is 170 Å². The normalized spacial score (nSPS) is 11.2. The summed E-state index contributed by atoms with van der Waals surface area (Å²) in [5.41, 5.74) is 0.285. The van der Waals surface area contributed by atoms with Gasteiger partial charge in [0.25, 0.3) is 0 Å². The van der Waals surface area contributed by atoms with E-state index < -0.39 is 5.97 Å². The van der Waals surface area contributed by atoms with Gasteiger partial charge < -0.3 is 4.74 Å². The summed E-state index contributed by atoms with van der Waals surface area (Å²) in [7, 11) is 0. The number of fused-ring (bicyclic) bond motifs is 2. The molecule has 0 radical (unpaired) electrons. The maximum Gasteiger partial charge on any atom is 0.338 e. The van der Waals surface area contributed by atoms with Gasteiger partial charge in [0.2, 0.25) is 0 Å². The minimum Gasteiger partial charge on any atom is -0.462 e. The van der Waals surface area contributed by atoms with Gasteiger partial charge >= 0.3 is 5.97 Å². The Morgan fingerprint density at radius 1 is 0.857 bits per heavy atom. The third kappa shape index (κ3) is 4.99. The number of rotatable bonds is 10. The lowest BCUT2D eigenvalue weighted by molar-refractivity contribution is 0.0500. The van der Waals surface area contributed by atoms with Gasteiger partial charge in [0.05, 0.1) is 17.6 Å². The van der Waals surface area contributed by atoms with Crippen LogP contribution in [0.3, 0.4) is 0 Å². The molecule has 0 bridgehead atoms. The Hall–Kier alpha value is -2.20. The summed E-state index contributed by atoms with van der Waals surface area (Å²) in [5.74, 6) is -0.395. The molecule has 0 fully saturated rings. The Morgan fingerprint density at radius 3 is 2.32 bits per heavy atom. The van der Waals surface area contributed by atoms with Crippen LogP contribution in [-0.2, 0) is 4.74 Å². The number of carbonyl (C=O) groups is 1. The zero-order chi connectivity index (χ0) is 19.8. The number of esters is 1. The molecule has 0 saturated carbocycles. The quantitative estimate of drug-likeness (QED) is 0.217. The van der Waals surface area contributed by atoms with E-state index in [0.29, 0.717) is 22.9 Å². The van der Waals surface area contributed by atoms with E-state index in [1.165, 1.54) is 49.9 Å². The molecule has 0 spiro atoms. The van der Waals surface area contributed by atoms with Crippen LogP contribution in [0, 0.1) is 0 Å². The number of hydrogen-bond donors (Lipinski definition) is 0. The highest BCUT2D eigenvalue weighted by Gasteiger charge is 2.16. The standard InChI is InChI=1S/C24H28O3S/c1-2-3-4-5-6-7-8-11-17-27-24(26)19-14-12-16-21-22(19)23(25)18-13-9-10-15-20(18)28-21/h9-10,12-16H,2-8,11,17H2,1H3. The van der Waals surface area contributed by atoms with Crippen LogP contribution in [0.1, 0.15) is 68.6 Å². The summed E-state index contributed by atoms with van der Waals surface area (Å²) < 4.78 is 7.23. The van der Waals surface area contributed by atoms with Crippen LogP contribution in [0.25, 0.3) is 20.2 Å². The third-order valence-electron chi connectivity index (χ3n) is 5.06. The second kappa shape index (κ2) is 10.4. The molecule has 0 saturated heterocycles.